The number of fused-ring (bicyclic) bond motifs is 1. The van der Waals surface area contributed by atoms with Crippen LogP contribution in [0.15, 0.2) is 36.4 Å². The third-order valence-corrected chi connectivity index (χ3v) is 6.87. The fraction of sp³-hybridized carbons (Fsp3) is 0.538. The van der Waals surface area contributed by atoms with Crippen molar-refractivity contribution >= 4 is 0 Å². The largest absolute Gasteiger partial charge is 0.328 e. The van der Waals surface area contributed by atoms with Crippen LogP contribution in [0.4, 0.5) is 0 Å². The molecule has 3 atom stereocenters. The monoisotopic (exact) mass is 361 g/mol. The van der Waals surface area contributed by atoms with E-state index in [0.29, 0.717) is 12.0 Å². The first kappa shape index (κ1) is 18.7. The van der Waals surface area contributed by atoms with E-state index in [1.165, 1.54) is 60.8 Å². The predicted octanol–water partition coefficient (Wildman–Crippen LogP) is 5.95. The van der Waals surface area contributed by atoms with Crippen LogP contribution in [-0.4, -0.2) is 6.04 Å². The van der Waals surface area contributed by atoms with E-state index in [-0.39, 0.29) is 0 Å². The second-order valence-electron chi connectivity index (χ2n) is 9.14. The number of hydrogen-bond donors (Lipinski definition) is 1. The molecule has 0 spiro atoms. The summed E-state index contributed by atoms with van der Waals surface area (Å²) in [6.07, 6.45) is 11.0. The molecule has 0 saturated heterocycles. The summed E-state index contributed by atoms with van der Waals surface area (Å²) in [6.45, 7) is 4.64. The standard InChI is InChI=1S/C26H35N/c1-3-20-10-11-23(24-12-18(2)13-26(27)17-24)16-25(20)15-19-8-9-21-6-4-5-7-22(21)14-19/h8-11,14,16,18,24,26H,3-7,12-13,15,17,27H2,1-2H3. The first-order chi connectivity index (χ1) is 13.1. The summed E-state index contributed by atoms with van der Waals surface area (Å²) in [5.41, 5.74) is 15.5. The molecular weight excluding hydrogens is 326 g/mol. The van der Waals surface area contributed by atoms with Crippen molar-refractivity contribution in [3.05, 3.63) is 69.8 Å². The average Bonchev–Trinajstić information content (AvgIpc) is 2.67. The average molecular weight is 362 g/mol. The Labute approximate surface area is 165 Å². The SMILES string of the molecule is CCc1ccc(C2CC(C)CC(N)C2)cc1Cc1ccc2c(c1)CCCC2. The van der Waals surface area contributed by atoms with Crippen LogP contribution in [0.25, 0.3) is 0 Å². The van der Waals surface area contributed by atoms with Crippen LogP contribution in [0.2, 0.25) is 0 Å². The van der Waals surface area contributed by atoms with E-state index in [1.54, 1.807) is 11.1 Å². The van der Waals surface area contributed by atoms with Crippen LogP contribution < -0.4 is 5.73 Å². The summed E-state index contributed by atoms with van der Waals surface area (Å²) in [5.74, 6) is 1.38. The van der Waals surface area contributed by atoms with E-state index in [0.717, 1.165) is 25.2 Å². The van der Waals surface area contributed by atoms with Crippen LogP contribution in [0.5, 0.6) is 0 Å². The highest BCUT2D eigenvalue weighted by atomic mass is 14.6. The molecule has 0 aliphatic heterocycles. The molecule has 1 nitrogen and oxygen atoms in total. The number of nitrogens with two attached hydrogens (primary N) is 1. The zero-order valence-corrected chi connectivity index (χ0v) is 17.1. The molecule has 2 aliphatic carbocycles. The highest BCUT2D eigenvalue weighted by Crippen LogP contribution is 2.36. The van der Waals surface area contributed by atoms with Gasteiger partial charge >= 0.3 is 0 Å². The smallest absolute Gasteiger partial charge is 0.00471 e. The van der Waals surface area contributed by atoms with Crippen LogP contribution >= 0.6 is 0 Å². The van der Waals surface area contributed by atoms with Crippen LogP contribution in [0.1, 0.15) is 85.3 Å². The molecule has 0 aromatic heterocycles. The van der Waals surface area contributed by atoms with Gasteiger partial charge in [0.1, 0.15) is 0 Å². The van der Waals surface area contributed by atoms with Crippen molar-refractivity contribution in [2.45, 2.75) is 83.6 Å². The van der Waals surface area contributed by atoms with Gasteiger partial charge in [-0.25, -0.2) is 0 Å². The van der Waals surface area contributed by atoms with Gasteiger partial charge in [-0.3, -0.25) is 0 Å². The maximum atomic E-state index is 6.34. The summed E-state index contributed by atoms with van der Waals surface area (Å²) in [4.78, 5) is 0. The molecule has 27 heavy (non-hydrogen) atoms. The summed E-state index contributed by atoms with van der Waals surface area (Å²) < 4.78 is 0. The van der Waals surface area contributed by atoms with Gasteiger partial charge in [-0.2, -0.15) is 0 Å². The van der Waals surface area contributed by atoms with Crippen molar-refractivity contribution in [3.63, 3.8) is 0 Å². The van der Waals surface area contributed by atoms with Gasteiger partial charge in [-0.15, -0.1) is 0 Å². The molecule has 2 aromatic rings. The zero-order valence-electron chi connectivity index (χ0n) is 17.1. The zero-order chi connectivity index (χ0) is 18.8. The lowest BCUT2D eigenvalue weighted by Gasteiger charge is -2.32. The fourth-order valence-electron chi connectivity index (χ4n) is 5.45. The van der Waals surface area contributed by atoms with E-state index in [4.69, 9.17) is 5.73 Å². The number of aryl methyl sites for hydroxylation is 3. The van der Waals surface area contributed by atoms with E-state index >= 15 is 0 Å². The quantitative estimate of drug-likeness (QED) is 0.715. The fourth-order valence-corrected chi connectivity index (χ4v) is 5.45. The lowest BCUT2D eigenvalue weighted by molar-refractivity contribution is 0.308. The highest BCUT2D eigenvalue weighted by Gasteiger charge is 2.25. The van der Waals surface area contributed by atoms with Gasteiger partial charge in [0.2, 0.25) is 0 Å². The lowest BCUT2D eigenvalue weighted by atomic mass is 9.76. The van der Waals surface area contributed by atoms with Gasteiger partial charge in [0, 0.05) is 6.04 Å². The second-order valence-corrected chi connectivity index (χ2v) is 9.14. The molecule has 2 aromatic carbocycles. The molecule has 2 aliphatic rings. The summed E-state index contributed by atoms with van der Waals surface area (Å²) in [7, 11) is 0. The van der Waals surface area contributed by atoms with Crippen molar-refractivity contribution in [1.29, 1.82) is 0 Å². The van der Waals surface area contributed by atoms with Gasteiger partial charge in [0.15, 0.2) is 0 Å². The summed E-state index contributed by atoms with van der Waals surface area (Å²) in [5, 5.41) is 0. The van der Waals surface area contributed by atoms with E-state index in [2.05, 4.69) is 50.2 Å². The molecule has 0 radical (unpaired) electrons. The van der Waals surface area contributed by atoms with E-state index < -0.39 is 0 Å². The Hall–Kier alpha value is -1.60. The van der Waals surface area contributed by atoms with Gasteiger partial charge in [-0.05, 0) is 103 Å². The van der Waals surface area contributed by atoms with Gasteiger partial charge in [-0.1, -0.05) is 50.2 Å². The number of rotatable bonds is 4. The third kappa shape index (κ3) is 4.29. The maximum Gasteiger partial charge on any atom is 0.00471 e. The molecule has 0 heterocycles. The molecule has 3 unspecified atom stereocenters. The Balaban J connectivity index is 1.59. The molecule has 1 heteroatoms. The van der Waals surface area contributed by atoms with Crippen LogP contribution in [0, 0.1) is 5.92 Å². The third-order valence-electron chi connectivity index (χ3n) is 6.87. The van der Waals surface area contributed by atoms with Crippen molar-refractivity contribution in [2.75, 3.05) is 0 Å². The molecule has 0 amide bonds. The predicted molar refractivity (Wildman–Crippen MR) is 115 cm³/mol. The Morgan fingerprint density at radius 1 is 0.889 bits per heavy atom. The normalized spacial score (nSPS) is 25.2. The first-order valence-electron chi connectivity index (χ1n) is 11.1. The molecule has 1 fully saturated rings. The summed E-state index contributed by atoms with van der Waals surface area (Å²) >= 11 is 0. The van der Waals surface area contributed by atoms with Crippen LogP contribution in [-0.2, 0) is 25.7 Å². The number of benzene rings is 2. The molecule has 144 valence electrons. The summed E-state index contributed by atoms with van der Waals surface area (Å²) in [6, 6.07) is 14.9. The molecule has 1 saturated carbocycles. The minimum absolute atomic E-state index is 0.369. The second kappa shape index (κ2) is 8.19. The van der Waals surface area contributed by atoms with Crippen molar-refractivity contribution < 1.29 is 0 Å². The number of hydrogen-bond acceptors (Lipinski definition) is 1. The Bertz CT molecular complexity index is 781. The minimum atomic E-state index is 0.369. The Morgan fingerprint density at radius 2 is 1.70 bits per heavy atom. The first-order valence-corrected chi connectivity index (χ1v) is 11.1. The van der Waals surface area contributed by atoms with Crippen LogP contribution in [0.3, 0.4) is 0 Å². The van der Waals surface area contributed by atoms with Crippen molar-refractivity contribution in [1.82, 2.24) is 0 Å². The maximum absolute atomic E-state index is 6.34. The van der Waals surface area contributed by atoms with Gasteiger partial charge in [0.25, 0.3) is 0 Å². The minimum Gasteiger partial charge on any atom is -0.328 e. The molecule has 2 N–H and O–H groups in total. The molecular formula is C26H35N. The topological polar surface area (TPSA) is 26.0 Å². The lowest BCUT2D eigenvalue weighted by Crippen LogP contribution is -2.31. The molecule has 4 rings (SSSR count). The molecule has 0 bridgehead atoms. The van der Waals surface area contributed by atoms with Crippen molar-refractivity contribution in [3.8, 4) is 0 Å². The van der Waals surface area contributed by atoms with Gasteiger partial charge in [0.05, 0.1) is 0 Å². The van der Waals surface area contributed by atoms with E-state index in [9.17, 15) is 0 Å². The Morgan fingerprint density at radius 3 is 2.48 bits per heavy atom. The van der Waals surface area contributed by atoms with Gasteiger partial charge < -0.3 is 5.73 Å². The highest BCUT2D eigenvalue weighted by molar-refractivity contribution is 5.40. The Kier molecular flexibility index (Phi) is 5.68. The van der Waals surface area contributed by atoms with Crippen molar-refractivity contribution in [2.24, 2.45) is 11.7 Å². The van der Waals surface area contributed by atoms with E-state index in [1.807, 2.05) is 0 Å².